The van der Waals surface area contributed by atoms with Crippen LogP contribution in [0.2, 0.25) is 0 Å². The molecule has 1 aliphatic heterocycles. The van der Waals surface area contributed by atoms with E-state index in [-0.39, 0.29) is 0 Å². The maximum atomic E-state index is 10.9. The van der Waals surface area contributed by atoms with Crippen LogP contribution in [-0.4, -0.2) is 32.0 Å². The summed E-state index contributed by atoms with van der Waals surface area (Å²) in [6, 6.07) is 3.37. The van der Waals surface area contributed by atoms with E-state index in [9.17, 15) is 4.79 Å². The first-order chi connectivity index (χ1) is 8.74. The molecule has 1 aliphatic rings. The van der Waals surface area contributed by atoms with Gasteiger partial charge in [0.05, 0.1) is 11.3 Å². The smallest absolute Gasteiger partial charge is 0.337 e. The number of aromatic carboxylic acids is 1. The molecule has 0 spiro atoms. The highest BCUT2D eigenvalue weighted by atomic mass is 32.2. The number of aromatic nitrogens is 2. The van der Waals surface area contributed by atoms with Crippen molar-refractivity contribution >= 4 is 23.4 Å². The molecule has 2 aromatic heterocycles. The van der Waals surface area contributed by atoms with Gasteiger partial charge >= 0.3 is 5.97 Å². The number of carbonyl (C=O) groups is 1. The van der Waals surface area contributed by atoms with Crippen LogP contribution in [0, 0.1) is 0 Å². The van der Waals surface area contributed by atoms with E-state index in [2.05, 4.69) is 4.98 Å². The van der Waals surface area contributed by atoms with E-state index in [0.717, 1.165) is 17.1 Å². The molecule has 1 unspecified atom stereocenters. The first-order valence-corrected chi connectivity index (χ1v) is 7.19. The Kier molecular flexibility index (Phi) is 2.99. The Bertz CT molecular complexity index is 588. The zero-order valence-electron chi connectivity index (χ0n) is 9.87. The van der Waals surface area contributed by atoms with Crippen molar-refractivity contribution in [3.63, 3.8) is 0 Å². The number of hydrogen-bond donors (Lipinski definition) is 1. The molecule has 0 bridgehead atoms. The number of thioether (sulfide) groups is 1. The molecule has 1 N–H and O–H groups in total. The lowest BCUT2D eigenvalue weighted by molar-refractivity contribution is 0.0696. The fourth-order valence-corrected chi connectivity index (χ4v) is 3.47. The second-order valence-electron chi connectivity index (χ2n) is 4.57. The lowest BCUT2D eigenvalue weighted by Gasteiger charge is -2.18. The minimum absolute atomic E-state index is 0.296. The fourth-order valence-electron chi connectivity index (χ4n) is 2.31. The molecule has 18 heavy (non-hydrogen) atoms. The second kappa shape index (κ2) is 4.65. The van der Waals surface area contributed by atoms with Gasteiger partial charge in [-0.1, -0.05) is 0 Å². The van der Waals surface area contributed by atoms with Gasteiger partial charge < -0.3 is 9.51 Å². The van der Waals surface area contributed by atoms with Gasteiger partial charge in [-0.25, -0.2) is 9.78 Å². The molecule has 0 saturated carbocycles. The van der Waals surface area contributed by atoms with Crippen molar-refractivity contribution in [3.8, 4) is 0 Å². The van der Waals surface area contributed by atoms with Crippen LogP contribution in [0.5, 0.6) is 0 Å². The minimum atomic E-state index is -0.902. The Morgan fingerprint density at radius 2 is 2.33 bits per heavy atom. The fraction of sp³-hybridized carbons (Fsp3) is 0.385. The zero-order chi connectivity index (χ0) is 12.5. The molecular weight excluding hydrogens is 248 g/mol. The van der Waals surface area contributed by atoms with Crippen LogP contribution < -0.4 is 0 Å². The van der Waals surface area contributed by atoms with Crippen molar-refractivity contribution in [2.24, 2.45) is 0 Å². The van der Waals surface area contributed by atoms with Gasteiger partial charge in [0.1, 0.15) is 5.65 Å². The number of fused-ring (bicyclic) bond motifs is 1. The summed E-state index contributed by atoms with van der Waals surface area (Å²) in [6.45, 7) is 0. The Morgan fingerprint density at radius 3 is 3.06 bits per heavy atom. The molecule has 4 nitrogen and oxygen atoms in total. The van der Waals surface area contributed by atoms with Gasteiger partial charge in [0, 0.05) is 24.1 Å². The van der Waals surface area contributed by atoms with Crippen LogP contribution in [0.1, 0.15) is 34.8 Å². The van der Waals surface area contributed by atoms with Gasteiger partial charge in [-0.3, -0.25) is 0 Å². The van der Waals surface area contributed by atoms with Crippen LogP contribution in [0.4, 0.5) is 0 Å². The molecule has 0 aliphatic carbocycles. The molecule has 0 radical (unpaired) electrons. The number of rotatable bonds is 2. The maximum Gasteiger partial charge on any atom is 0.337 e. The summed E-state index contributed by atoms with van der Waals surface area (Å²) in [7, 11) is 0. The molecule has 3 rings (SSSR count). The van der Waals surface area contributed by atoms with Crippen LogP contribution in [0.15, 0.2) is 24.5 Å². The quantitative estimate of drug-likeness (QED) is 0.904. The SMILES string of the molecule is O=C(O)c1ccc2nc(C3CCCSC3)cn2c1. The average molecular weight is 262 g/mol. The molecule has 0 amide bonds. The lowest BCUT2D eigenvalue weighted by Crippen LogP contribution is -2.08. The standard InChI is InChI=1S/C13H14N2O2S/c16-13(17)9-3-4-12-14-11(7-15(12)6-9)10-2-1-5-18-8-10/h3-4,6-7,10H,1-2,5,8H2,(H,16,17). The summed E-state index contributed by atoms with van der Waals surface area (Å²) < 4.78 is 1.82. The van der Waals surface area contributed by atoms with Crippen LogP contribution in [0.3, 0.4) is 0 Å². The molecule has 5 heteroatoms. The van der Waals surface area contributed by atoms with Crippen LogP contribution in [0.25, 0.3) is 5.65 Å². The van der Waals surface area contributed by atoms with E-state index in [1.54, 1.807) is 18.3 Å². The summed E-state index contributed by atoms with van der Waals surface area (Å²) in [4.78, 5) is 15.5. The molecule has 3 heterocycles. The number of carboxylic acids is 1. The van der Waals surface area contributed by atoms with E-state index in [1.807, 2.05) is 22.4 Å². The molecule has 2 aromatic rings. The predicted molar refractivity (Wildman–Crippen MR) is 71.5 cm³/mol. The summed E-state index contributed by atoms with van der Waals surface area (Å²) in [6.07, 6.45) is 6.02. The molecule has 0 aromatic carbocycles. The van der Waals surface area contributed by atoms with Crippen LogP contribution >= 0.6 is 11.8 Å². The number of nitrogens with zero attached hydrogens (tertiary/aromatic N) is 2. The number of carboxylic acid groups (broad SMARTS) is 1. The third-order valence-corrected chi connectivity index (χ3v) is 4.51. The van der Waals surface area contributed by atoms with Crippen molar-refractivity contribution in [1.29, 1.82) is 0 Å². The van der Waals surface area contributed by atoms with E-state index in [4.69, 9.17) is 5.11 Å². The average Bonchev–Trinajstić information content (AvgIpc) is 2.82. The largest absolute Gasteiger partial charge is 0.478 e. The highest BCUT2D eigenvalue weighted by Crippen LogP contribution is 2.30. The topological polar surface area (TPSA) is 54.6 Å². The summed E-state index contributed by atoms with van der Waals surface area (Å²) in [5.41, 5.74) is 2.21. The van der Waals surface area contributed by atoms with Crippen molar-refractivity contribution in [1.82, 2.24) is 9.38 Å². The molecule has 1 fully saturated rings. The Morgan fingerprint density at radius 1 is 1.44 bits per heavy atom. The van der Waals surface area contributed by atoms with Crippen molar-refractivity contribution in [2.45, 2.75) is 18.8 Å². The highest BCUT2D eigenvalue weighted by Gasteiger charge is 2.18. The monoisotopic (exact) mass is 262 g/mol. The lowest BCUT2D eigenvalue weighted by atomic mass is 10.0. The first kappa shape index (κ1) is 11.6. The summed E-state index contributed by atoms with van der Waals surface area (Å²) in [5, 5.41) is 8.96. The summed E-state index contributed by atoms with van der Waals surface area (Å²) >= 11 is 1.97. The van der Waals surface area contributed by atoms with Crippen LogP contribution in [-0.2, 0) is 0 Å². The summed E-state index contributed by atoms with van der Waals surface area (Å²) in [5.74, 6) is 1.97. The van der Waals surface area contributed by atoms with Crippen molar-refractivity contribution in [2.75, 3.05) is 11.5 Å². The maximum absolute atomic E-state index is 10.9. The van der Waals surface area contributed by atoms with Gasteiger partial charge in [-0.05, 0) is 30.7 Å². The van der Waals surface area contributed by atoms with Gasteiger partial charge in [0.15, 0.2) is 0 Å². The third kappa shape index (κ3) is 2.10. The van der Waals surface area contributed by atoms with E-state index in [1.165, 1.54) is 18.6 Å². The third-order valence-electron chi connectivity index (χ3n) is 3.30. The Balaban J connectivity index is 1.97. The highest BCUT2D eigenvalue weighted by molar-refractivity contribution is 7.99. The van der Waals surface area contributed by atoms with Gasteiger partial charge in [-0.15, -0.1) is 0 Å². The van der Waals surface area contributed by atoms with Gasteiger partial charge in [0.2, 0.25) is 0 Å². The minimum Gasteiger partial charge on any atom is -0.478 e. The van der Waals surface area contributed by atoms with Gasteiger partial charge in [-0.2, -0.15) is 11.8 Å². The van der Waals surface area contributed by atoms with E-state index in [0.29, 0.717) is 11.5 Å². The van der Waals surface area contributed by atoms with Gasteiger partial charge in [0.25, 0.3) is 0 Å². The Labute approximate surface area is 109 Å². The molecule has 94 valence electrons. The second-order valence-corrected chi connectivity index (χ2v) is 5.72. The first-order valence-electron chi connectivity index (χ1n) is 6.04. The number of hydrogen-bond acceptors (Lipinski definition) is 3. The van der Waals surface area contributed by atoms with Crippen molar-refractivity contribution < 1.29 is 9.90 Å². The Hall–Kier alpha value is -1.49. The van der Waals surface area contributed by atoms with E-state index >= 15 is 0 Å². The number of imidazole rings is 1. The zero-order valence-corrected chi connectivity index (χ0v) is 10.7. The van der Waals surface area contributed by atoms with Crippen molar-refractivity contribution in [3.05, 3.63) is 35.8 Å². The number of pyridine rings is 1. The predicted octanol–water partition coefficient (Wildman–Crippen LogP) is 2.64. The molecule has 1 atom stereocenters. The van der Waals surface area contributed by atoms with E-state index < -0.39 is 5.97 Å². The normalized spacial score (nSPS) is 20.1. The molecular formula is C13H14N2O2S. The molecule has 1 saturated heterocycles.